The van der Waals surface area contributed by atoms with Gasteiger partial charge in [0.1, 0.15) is 0 Å². The molecule has 1 aromatic rings. The molecule has 0 bridgehead atoms. The van der Waals surface area contributed by atoms with Crippen LogP contribution >= 0.6 is 0 Å². The number of esters is 1. The lowest BCUT2D eigenvalue weighted by Gasteiger charge is -2.33. The zero-order valence-corrected chi connectivity index (χ0v) is 13.1. The molecule has 3 nitrogen and oxygen atoms in total. The van der Waals surface area contributed by atoms with Crippen LogP contribution < -0.4 is 0 Å². The zero-order valence-electron chi connectivity index (χ0n) is 13.1. The van der Waals surface area contributed by atoms with Gasteiger partial charge in [-0.05, 0) is 18.4 Å². The number of cyclic esters (lactones) is 1. The molecule has 0 amide bonds. The van der Waals surface area contributed by atoms with E-state index in [1.807, 2.05) is 51.1 Å². The van der Waals surface area contributed by atoms with Gasteiger partial charge >= 0.3 is 5.97 Å². The molecule has 0 aromatic heterocycles. The topological polar surface area (TPSA) is 35.5 Å². The van der Waals surface area contributed by atoms with E-state index in [4.69, 9.17) is 9.47 Å². The fourth-order valence-corrected chi connectivity index (χ4v) is 3.48. The standard InChI is InChI=1S/C18H24O3/c1-17(2,3)16-20-15(19)18(21-16,14-11-7-8-12-14)13-9-5-4-6-10-13/h4-6,9-10,14,16H,7-8,11-12H2,1-3H3/t16?,18-/m0/s1. The molecule has 114 valence electrons. The molecule has 1 aromatic carbocycles. The monoisotopic (exact) mass is 288 g/mol. The first kappa shape index (κ1) is 14.6. The second kappa shape index (κ2) is 5.13. The molecule has 0 spiro atoms. The molecule has 1 saturated carbocycles. The lowest BCUT2D eigenvalue weighted by molar-refractivity contribution is -0.162. The molecule has 2 fully saturated rings. The number of hydrogen-bond acceptors (Lipinski definition) is 3. The molecular weight excluding hydrogens is 264 g/mol. The quantitative estimate of drug-likeness (QED) is 0.771. The number of carbonyl (C=O) groups is 1. The Morgan fingerprint density at radius 1 is 1.10 bits per heavy atom. The van der Waals surface area contributed by atoms with Crippen LogP contribution in [0.25, 0.3) is 0 Å². The van der Waals surface area contributed by atoms with E-state index < -0.39 is 11.9 Å². The van der Waals surface area contributed by atoms with Gasteiger partial charge in [-0.1, -0.05) is 63.9 Å². The molecule has 3 heteroatoms. The summed E-state index contributed by atoms with van der Waals surface area (Å²) in [6.07, 6.45) is 3.90. The van der Waals surface area contributed by atoms with Crippen molar-refractivity contribution < 1.29 is 14.3 Å². The maximum atomic E-state index is 12.8. The summed E-state index contributed by atoms with van der Waals surface area (Å²) in [5, 5.41) is 0. The largest absolute Gasteiger partial charge is 0.433 e. The van der Waals surface area contributed by atoms with E-state index in [1.165, 1.54) is 0 Å². The lowest BCUT2D eigenvalue weighted by atomic mass is 9.80. The SMILES string of the molecule is CC(C)(C)C1OC(=O)[C@](c2ccccc2)(C2CCCC2)O1. The van der Waals surface area contributed by atoms with Crippen LogP contribution in [-0.4, -0.2) is 12.3 Å². The van der Waals surface area contributed by atoms with Crippen LogP contribution in [-0.2, 0) is 19.9 Å². The summed E-state index contributed by atoms with van der Waals surface area (Å²) in [6, 6.07) is 9.88. The first-order valence-corrected chi connectivity index (χ1v) is 7.89. The Kier molecular flexibility index (Phi) is 3.56. The van der Waals surface area contributed by atoms with Crippen LogP contribution in [0.15, 0.2) is 30.3 Å². The first-order chi connectivity index (χ1) is 9.94. The van der Waals surface area contributed by atoms with Gasteiger partial charge < -0.3 is 9.47 Å². The number of carbonyl (C=O) groups excluding carboxylic acids is 1. The predicted octanol–water partition coefficient (Wildman–Crippen LogP) is 4.02. The maximum absolute atomic E-state index is 12.8. The number of ether oxygens (including phenoxy) is 2. The van der Waals surface area contributed by atoms with Gasteiger partial charge in [0.05, 0.1) is 0 Å². The number of benzene rings is 1. The molecule has 1 saturated heterocycles. The summed E-state index contributed by atoms with van der Waals surface area (Å²) >= 11 is 0. The maximum Gasteiger partial charge on any atom is 0.345 e. The Morgan fingerprint density at radius 2 is 1.71 bits per heavy atom. The van der Waals surface area contributed by atoms with Gasteiger partial charge in [-0.15, -0.1) is 0 Å². The Bertz CT molecular complexity index is 511. The molecule has 0 N–H and O–H groups in total. The Morgan fingerprint density at radius 3 is 2.24 bits per heavy atom. The summed E-state index contributed by atoms with van der Waals surface area (Å²) in [6.45, 7) is 6.13. The molecule has 1 aliphatic carbocycles. The van der Waals surface area contributed by atoms with Crippen LogP contribution in [0.1, 0.15) is 52.0 Å². The summed E-state index contributed by atoms with van der Waals surface area (Å²) in [5.41, 5.74) is -0.186. The average Bonchev–Trinajstić information content (AvgIpc) is 3.07. The van der Waals surface area contributed by atoms with E-state index in [-0.39, 0.29) is 17.3 Å². The smallest absolute Gasteiger partial charge is 0.345 e. The van der Waals surface area contributed by atoms with Crippen molar-refractivity contribution in [3.63, 3.8) is 0 Å². The molecular formula is C18H24O3. The van der Waals surface area contributed by atoms with Crippen molar-refractivity contribution in [2.75, 3.05) is 0 Å². The van der Waals surface area contributed by atoms with Crippen molar-refractivity contribution in [2.45, 2.75) is 58.3 Å². The Balaban J connectivity index is 2.03. The van der Waals surface area contributed by atoms with Crippen LogP contribution in [0.2, 0.25) is 0 Å². The second-order valence-electron chi connectivity index (χ2n) is 7.30. The van der Waals surface area contributed by atoms with Crippen LogP contribution in [0.5, 0.6) is 0 Å². The highest BCUT2D eigenvalue weighted by Gasteiger charge is 2.59. The van der Waals surface area contributed by atoms with Crippen LogP contribution in [0, 0.1) is 11.3 Å². The van der Waals surface area contributed by atoms with Gasteiger partial charge in [0.15, 0.2) is 5.60 Å². The summed E-state index contributed by atoms with van der Waals surface area (Å²) in [5.74, 6) is 0.0141. The first-order valence-electron chi connectivity index (χ1n) is 7.89. The second-order valence-corrected chi connectivity index (χ2v) is 7.30. The van der Waals surface area contributed by atoms with Crippen LogP contribution in [0.3, 0.4) is 0 Å². The van der Waals surface area contributed by atoms with Gasteiger partial charge in [0.25, 0.3) is 0 Å². The van der Waals surface area contributed by atoms with Gasteiger partial charge in [0, 0.05) is 11.3 Å². The fourth-order valence-electron chi connectivity index (χ4n) is 3.48. The molecule has 0 radical (unpaired) electrons. The van der Waals surface area contributed by atoms with Gasteiger partial charge in [-0.2, -0.15) is 0 Å². The van der Waals surface area contributed by atoms with E-state index in [2.05, 4.69) is 0 Å². The minimum absolute atomic E-state index is 0.208. The van der Waals surface area contributed by atoms with Crippen molar-refractivity contribution in [2.24, 2.45) is 11.3 Å². The van der Waals surface area contributed by atoms with E-state index in [1.54, 1.807) is 0 Å². The highest BCUT2D eigenvalue weighted by atomic mass is 16.8. The average molecular weight is 288 g/mol. The molecule has 1 aliphatic heterocycles. The Labute approximate surface area is 126 Å². The normalized spacial score (nSPS) is 30.6. The molecule has 1 unspecified atom stereocenters. The number of rotatable bonds is 2. The van der Waals surface area contributed by atoms with Crippen molar-refractivity contribution in [1.29, 1.82) is 0 Å². The zero-order chi connectivity index (χ0) is 15.1. The fraction of sp³-hybridized carbons (Fsp3) is 0.611. The van der Waals surface area contributed by atoms with Gasteiger partial charge in [-0.3, -0.25) is 0 Å². The lowest BCUT2D eigenvalue weighted by Crippen LogP contribution is -2.41. The number of hydrogen-bond donors (Lipinski definition) is 0. The third-order valence-corrected chi connectivity index (χ3v) is 4.65. The highest BCUT2D eigenvalue weighted by molar-refractivity contribution is 5.83. The minimum Gasteiger partial charge on any atom is -0.433 e. The van der Waals surface area contributed by atoms with Crippen LogP contribution in [0.4, 0.5) is 0 Å². The van der Waals surface area contributed by atoms with Gasteiger partial charge in [0.2, 0.25) is 6.29 Å². The van der Waals surface area contributed by atoms with Gasteiger partial charge in [-0.25, -0.2) is 4.79 Å². The summed E-state index contributed by atoms with van der Waals surface area (Å²) < 4.78 is 12.0. The highest BCUT2D eigenvalue weighted by Crippen LogP contribution is 2.50. The Hall–Kier alpha value is -1.35. The van der Waals surface area contributed by atoms with Crippen molar-refractivity contribution in [3.05, 3.63) is 35.9 Å². The summed E-state index contributed by atoms with van der Waals surface area (Å²) in [7, 11) is 0. The van der Waals surface area contributed by atoms with Crippen molar-refractivity contribution in [3.8, 4) is 0 Å². The third-order valence-electron chi connectivity index (χ3n) is 4.65. The molecule has 3 rings (SSSR count). The van der Waals surface area contributed by atoms with E-state index in [0.29, 0.717) is 0 Å². The molecule has 21 heavy (non-hydrogen) atoms. The van der Waals surface area contributed by atoms with Crippen molar-refractivity contribution in [1.82, 2.24) is 0 Å². The van der Waals surface area contributed by atoms with Crippen molar-refractivity contribution >= 4 is 5.97 Å². The van der Waals surface area contributed by atoms with E-state index in [9.17, 15) is 4.79 Å². The molecule has 2 atom stereocenters. The van der Waals surface area contributed by atoms with E-state index in [0.717, 1.165) is 31.2 Å². The predicted molar refractivity (Wildman–Crippen MR) is 80.5 cm³/mol. The van der Waals surface area contributed by atoms with E-state index >= 15 is 0 Å². The molecule has 2 aliphatic rings. The minimum atomic E-state index is -0.907. The summed E-state index contributed by atoms with van der Waals surface area (Å²) in [4.78, 5) is 12.8. The molecule has 1 heterocycles. The third kappa shape index (κ3) is 2.38.